The monoisotopic (exact) mass is 304 g/mol. The number of hydrogen-bond acceptors (Lipinski definition) is 8. The highest BCUT2D eigenvalue weighted by atomic mass is 16.6. The Morgan fingerprint density at radius 2 is 2.14 bits per heavy atom. The second-order valence-electron chi connectivity index (χ2n) is 4.65. The number of nitrogens with two attached hydrogens (primary N) is 1. The van der Waals surface area contributed by atoms with Gasteiger partial charge in [-0.25, -0.2) is 4.79 Å². The molecule has 6 N–H and O–H groups in total. The van der Waals surface area contributed by atoms with Crippen molar-refractivity contribution < 1.29 is 34.4 Å². The minimum atomic E-state index is -1.56. The van der Waals surface area contributed by atoms with E-state index in [-0.39, 0.29) is 5.76 Å². The van der Waals surface area contributed by atoms with Crippen LogP contribution in [0.5, 0.6) is 0 Å². The van der Waals surface area contributed by atoms with E-state index < -0.39 is 48.9 Å². The number of ether oxygens (including phenoxy) is 2. The molecule has 1 aliphatic heterocycles. The lowest BCUT2D eigenvalue weighted by molar-refractivity contribution is -0.148. The third-order valence-electron chi connectivity index (χ3n) is 3.05. The van der Waals surface area contributed by atoms with Crippen LogP contribution in [0.1, 0.15) is 6.92 Å². The molecule has 120 valence electrons. The van der Waals surface area contributed by atoms with Gasteiger partial charge in [0, 0.05) is 6.92 Å². The lowest BCUT2D eigenvalue weighted by Crippen LogP contribution is -2.62. The SMILES string of the molecule is COC(=O)C1=CC(N)[C@@H](NC(C)=O)[C@H]([C@H](O)C(O)CO)O1. The molecule has 9 nitrogen and oxygen atoms in total. The van der Waals surface area contributed by atoms with Crippen LogP contribution in [-0.2, 0) is 19.1 Å². The molecule has 0 fully saturated rings. The van der Waals surface area contributed by atoms with E-state index in [9.17, 15) is 19.8 Å². The van der Waals surface area contributed by atoms with Crippen LogP contribution in [0.3, 0.4) is 0 Å². The average Bonchev–Trinajstić information content (AvgIpc) is 2.46. The zero-order valence-electron chi connectivity index (χ0n) is 11.7. The van der Waals surface area contributed by atoms with Crippen LogP contribution in [0, 0.1) is 0 Å². The Kier molecular flexibility index (Phi) is 6.09. The van der Waals surface area contributed by atoms with Crippen molar-refractivity contribution in [3.05, 3.63) is 11.8 Å². The summed E-state index contributed by atoms with van der Waals surface area (Å²) in [5, 5.41) is 30.9. The van der Waals surface area contributed by atoms with Crippen molar-refractivity contribution in [1.82, 2.24) is 5.32 Å². The molecule has 0 aromatic heterocycles. The fourth-order valence-electron chi connectivity index (χ4n) is 2.00. The van der Waals surface area contributed by atoms with Crippen LogP contribution in [0.4, 0.5) is 0 Å². The van der Waals surface area contributed by atoms with Crippen LogP contribution in [0.2, 0.25) is 0 Å². The van der Waals surface area contributed by atoms with Gasteiger partial charge in [-0.15, -0.1) is 0 Å². The van der Waals surface area contributed by atoms with Gasteiger partial charge in [0.05, 0.1) is 25.8 Å². The Labute approximate surface area is 121 Å². The van der Waals surface area contributed by atoms with Crippen molar-refractivity contribution in [2.45, 2.75) is 37.3 Å². The van der Waals surface area contributed by atoms with Crippen molar-refractivity contribution in [2.24, 2.45) is 5.73 Å². The van der Waals surface area contributed by atoms with Crippen molar-refractivity contribution in [3.8, 4) is 0 Å². The van der Waals surface area contributed by atoms with Crippen LogP contribution in [0.15, 0.2) is 11.8 Å². The Hall–Kier alpha value is -1.68. The number of carbonyl (C=O) groups excluding carboxylic acids is 2. The van der Waals surface area contributed by atoms with Gasteiger partial charge in [0.25, 0.3) is 0 Å². The first-order valence-corrected chi connectivity index (χ1v) is 6.28. The average molecular weight is 304 g/mol. The first kappa shape index (κ1) is 17.4. The summed E-state index contributed by atoms with van der Waals surface area (Å²) in [5.74, 6) is -1.46. The second-order valence-corrected chi connectivity index (χ2v) is 4.65. The maximum Gasteiger partial charge on any atom is 0.373 e. The fraction of sp³-hybridized carbons (Fsp3) is 0.667. The van der Waals surface area contributed by atoms with Gasteiger partial charge in [0.15, 0.2) is 0 Å². The highest BCUT2D eigenvalue weighted by molar-refractivity contribution is 5.86. The molecule has 1 aliphatic rings. The number of aliphatic hydroxyl groups is 3. The summed E-state index contributed by atoms with van der Waals surface area (Å²) in [6.07, 6.45) is -3.05. The molecular weight excluding hydrogens is 284 g/mol. The van der Waals surface area contributed by atoms with E-state index in [0.717, 1.165) is 7.11 Å². The van der Waals surface area contributed by atoms with Gasteiger partial charge in [0.1, 0.15) is 18.3 Å². The zero-order valence-corrected chi connectivity index (χ0v) is 11.7. The van der Waals surface area contributed by atoms with Gasteiger partial charge in [-0.2, -0.15) is 0 Å². The standard InChI is InChI=1S/C12H20N2O7/c1-5(16)14-9-6(13)3-8(12(19)20-2)21-11(9)10(18)7(17)4-15/h3,6-7,9-11,15,17-18H,4,13H2,1-2H3,(H,14,16)/t6?,7?,9-,10-,11-/m1/s1. The number of nitrogens with one attached hydrogen (secondary N) is 1. The number of hydrogen-bond donors (Lipinski definition) is 5. The lowest BCUT2D eigenvalue weighted by atomic mass is 9.92. The minimum Gasteiger partial charge on any atom is -0.478 e. The molecule has 0 radical (unpaired) electrons. The molecule has 5 atom stereocenters. The molecule has 2 unspecified atom stereocenters. The quantitative estimate of drug-likeness (QED) is 0.337. The summed E-state index contributed by atoms with van der Waals surface area (Å²) in [4.78, 5) is 22.7. The molecule has 0 saturated carbocycles. The normalized spacial score (nSPS) is 27.9. The van der Waals surface area contributed by atoms with Gasteiger partial charge < -0.3 is 35.8 Å². The van der Waals surface area contributed by atoms with Gasteiger partial charge in [-0.3, -0.25) is 4.79 Å². The Bertz CT molecular complexity index is 426. The van der Waals surface area contributed by atoms with E-state index >= 15 is 0 Å². The van der Waals surface area contributed by atoms with Crippen LogP contribution >= 0.6 is 0 Å². The summed E-state index contributed by atoms with van der Waals surface area (Å²) >= 11 is 0. The Morgan fingerprint density at radius 1 is 1.52 bits per heavy atom. The fourth-order valence-corrected chi connectivity index (χ4v) is 2.00. The van der Waals surface area contributed by atoms with E-state index in [0.29, 0.717) is 0 Å². The highest BCUT2D eigenvalue weighted by Crippen LogP contribution is 2.22. The lowest BCUT2D eigenvalue weighted by Gasteiger charge is -2.38. The molecule has 0 spiro atoms. The number of aliphatic hydroxyl groups excluding tert-OH is 3. The number of esters is 1. The van der Waals surface area contributed by atoms with Crippen LogP contribution < -0.4 is 11.1 Å². The summed E-state index contributed by atoms with van der Waals surface area (Å²) in [6.45, 7) is 0.526. The van der Waals surface area contributed by atoms with Crippen molar-refractivity contribution >= 4 is 11.9 Å². The Balaban J connectivity index is 3.05. The van der Waals surface area contributed by atoms with Gasteiger partial charge in [-0.1, -0.05) is 0 Å². The van der Waals surface area contributed by atoms with Gasteiger partial charge in [0.2, 0.25) is 11.7 Å². The molecule has 0 aromatic rings. The summed E-state index contributed by atoms with van der Waals surface area (Å²) in [7, 11) is 1.14. The first-order valence-electron chi connectivity index (χ1n) is 6.28. The van der Waals surface area contributed by atoms with Crippen molar-refractivity contribution in [2.75, 3.05) is 13.7 Å². The maximum atomic E-state index is 11.5. The smallest absolute Gasteiger partial charge is 0.373 e. The molecule has 1 rings (SSSR count). The molecule has 1 heterocycles. The van der Waals surface area contributed by atoms with Gasteiger partial charge in [-0.05, 0) is 6.08 Å². The Morgan fingerprint density at radius 3 is 2.62 bits per heavy atom. The molecule has 21 heavy (non-hydrogen) atoms. The summed E-state index contributed by atoms with van der Waals surface area (Å²) in [5.41, 5.74) is 5.85. The number of carbonyl (C=O) groups is 2. The van der Waals surface area contributed by atoms with Gasteiger partial charge >= 0.3 is 5.97 Å². The number of amides is 1. The predicted molar refractivity (Wildman–Crippen MR) is 69.7 cm³/mol. The first-order chi connectivity index (χ1) is 9.81. The molecule has 0 bridgehead atoms. The maximum absolute atomic E-state index is 11.5. The minimum absolute atomic E-state index is 0.235. The largest absolute Gasteiger partial charge is 0.478 e. The molecule has 0 saturated heterocycles. The summed E-state index contributed by atoms with van der Waals surface area (Å²) < 4.78 is 9.78. The predicted octanol–water partition coefficient (Wildman–Crippen LogP) is -3.01. The molecule has 0 aromatic carbocycles. The zero-order chi connectivity index (χ0) is 16.2. The third kappa shape index (κ3) is 4.14. The summed E-state index contributed by atoms with van der Waals surface area (Å²) in [6, 6.07) is -1.73. The van der Waals surface area contributed by atoms with E-state index in [1.54, 1.807) is 0 Å². The topological polar surface area (TPSA) is 151 Å². The van der Waals surface area contributed by atoms with E-state index in [1.165, 1.54) is 13.0 Å². The second kappa shape index (κ2) is 7.36. The highest BCUT2D eigenvalue weighted by Gasteiger charge is 2.42. The number of methoxy groups -OCH3 is 1. The van der Waals surface area contributed by atoms with E-state index in [4.69, 9.17) is 15.6 Å². The van der Waals surface area contributed by atoms with E-state index in [2.05, 4.69) is 10.1 Å². The van der Waals surface area contributed by atoms with Crippen molar-refractivity contribution in [1.29, 1.82) is 0 Å². The molecule has 9 heteroatoms. The third-order valence-corrected chi connectivity index (χ3v) is 3.05. The molecular formula is C12H20N2O7. The van der Waals surface area contributed by atoms with Crippen molar-refractivity contribution in [3.63, 3.8) is 0 Å². The molecule has 0 aliphatic carbocycles. The van der Waals surface area contributed by atoms with Crippen LogP contribution in [0.25, 0.3) is 0 Å². The van der Waals surface area contributed by atoms with E-state index in [1.807, 2.05) is 0 Å². The number of rotatable bonds is 5. The van der Waals surface area contributed by atoms with Crippen LogP contribution in [-0.4, -0.2) is 71.3 Å². The molecule has 1 amide bonds.